The highest BCUT2D eigenvalue weighted by molar-refractivity contribution is 7.36. The van der Waals surface area contributed by atoms with E-state index in [9.17, 15) is 14.2 Å². The fraction of sp³-hybridized carbons (Fsp3) is 0.667. The predicted octanol–water partition coefficient (Wildman–Crippen LogP) is -0.432. The van der Waals surface area contributed by atoms with Gasteiger partial charge in [0, 0.05) is 38.9 Å². The molecule has 3 atom stereocenters. The quantitative estimate of drug-likeness (QED) is 0.705. The van der Waals surface area contributed by atoms with Gasteiger partial charge < -0.3 is 10.1 Å². The van der Waals surface area contributed by atoms with E-state index in [1.165, 1.54) is 15.4 Å². The highest BCUT2D eigenvalue weighted by atomic mass is 31.1. The van der Waals surface area contributed by atoms with E-state index in [1.807, 2.05) is 0 Å². The van der Waals surface area contributed by atoms with Gasteiger partial charge in [0.25, 0.3) is 5.56 Å². The van der Waals surface area contributed by atoms with Gasteiger partial charge in [0.05, 0.1) is 0 Å². The van der Waals surface area contributed by atoms with Gasteiger partial charge in [-0.25, -0.2) is 4.79 Å². The number of morpholine rings is 1. The molecule has 2 rings (SSSR count). The van der Waals surface area contributed by atoms with Crippen LogP contribution in [0, 0.1) is 6.92 Å². The molecule has 0 radical (unpaired) electrons. The maximum Gasteiger partial charge on any atom is 0.615 e. The van der Waals surface area contributed by atoms with E-state index < -0.39 is 25.7 Å². The molecular weight excluding hydrogens is 311 g/mol. The number of aromatic amines is 1. The van der Waals surface area contributed by atoms with Crippen LogP contribution in [0.15, 0.2) is 15.8 Å². The summed E-state index contributed by atoms with van der Waals surface area (Å²) in [6.45, 7) is 2.73. The van der Waals surface area contributed by atoms with Crippen LogP contribution in [0.3, 0.4) is 0 Å². The van der Waals surface area contributed by atoms with Gasteiger partial charge in [-0.05, 0) is 11.5 Å². The van der Waals surface area contributed by atoms with E-state index >= 15 is 0 Å². The van der Waals surface area contributed by atoms with Crippen LogP contribution >= 0.6 is 8.18 Å². The van der Waals surface area contributed by atoms with Crippen molar-refractivity contribution >= 4 is 8.18 Å². The molecule has 1 fully saturated rings. The number of nitrogens with one attached hydrogen (secondary N) is 2. The molecule has 0 amide bonds. The van der Waals surface area contributed by atoms with Crippen LogP contribution in [-0.4, -0.2) is 54.1 Å². The van der Waals surface area contributed by atoms with E-state index in [0.29, 0.717) is 18.7 Å². The van der Waals surface area contributed by atoms with Crippen molar-refractivity contribution in [3.05, 3.63) is 32.6 Å². The first-order chi connectivity index (χ1) is 10.4. The molecule has 1 saturated heterocycles. The highest BCUT2D eigenvalue weighted by Crippen LogP contribution is 2.25. The summed E-state index contributed by atoms with van der Waals surface area (Å²) in [5.41, 5.74) is -0.506. The summed E-state index contributed by atoms with van der Waals surface area (Å²) in [5.74, 6) is 0. The van der Waals surface area contributed by atoms with Crippen molar-refractivity contribution < 1.29 is 13.8 Å². The lowest BCUT2D eigenvalue weighted by Crippen LogP contribution is -2.47. The summed E-state index contributed by atoms with van der Waals surface area (Å²) in [6.07, 6.45) is 0.580. The Labute approximate surface area is 128 Å². The zero-order chi connectivity index (χ0) is 16.3. The molecule has 0 spiro atoms. The topological polar surface area (TPSA) is 106 Å². The minimum atomic E-state index is -1.89. The molecule has 1 unspecified atom stereocenters. The average Bonchev–Trinajstić information content (AvgIpc) is 2.48. The van der Waals surface area contributed by atoms with Crippen molar-refractivity contribution in [1.82, 2.24) is 19.5 Å². The van der Waals surface area contributed by atoms with Crippen molar-refractivity contribution in [2.24, 2.45) is 0 Å². The molecular formula is C12H20N4O5P+. The zero-order valence-electron chi connectivity index (χ0n) is 12.7. The first kappa shape index (κ1) is 17.0. The highest BCUT2D eigenvalue weighted by Gasteiger charge is 2.29. The molecule has 0 bridgehead atoms. The molecule has 10 heteroatoms. The molecule has 2 N–H and O–H groups in total. The second kappa shape index (κ2) is 7.26. The summed E-state index contributed by atoms with van der Waals surface area (Å²) < 4.78 is 25.4. The first-order valence-corrected chi connectivity index (χ1v) is 7.97. The molecule has 0 aromatic carbocycles. The Morgan fingerprint density at radius 3 is 2.86 bits per heavy atom. The fourth-order valence-electron chi connectivity index (χ4n) is 2.01. The lowest BCUT2D eigenvalue weighted by Gasteiger charge is -2.30. The van der Waals surface area contributed by atoms with Crippen molar-refractivity contribution in [2.75, 3.05) is 33.8 Å². The molecule has 9 nitrogen and oxygen atoms in total. The maximum atomic E-state index is 11.9. The van der Waals surface area contributed by atoms with Crippen molar-refractivity contribution in [3.8, 4) is 0 Å². The van der Waals surface area contributed by atoms with Crippen molar-refractivity contribution in [1.29, 1.82) is 0 Å². The number of aryl methyl sites for hydroxylation is 1. The van der Waals surface area contributed by atoms with Crippen LogP contribution in [0.4, 0.5) is 0 Å². The van der Waals surface area contributed by atoms with Gasteiger partial charge in [0.15, 0.2) is 6.23 Å². The van der Waals surface area contributed by atoms with E-state index in [1.54, 1.807) is 21.0 Å². The summed E-state index contributed by atoms with van der Waals surface area (Å²) in [6, 6.07) is 0. The third kappa shape index (κ3) is 4.08. The molecule has 1 aromatic rings. The summed E-state index contributed by atoms with van der Waals surface area (Å²) >= 11 is 0. The lowest BCUT2D eigenvalue weighted by atomic mass is 10.3. The largest absolute Gasteiger partial charge is 0.615 e. The molecule has 1 aliphatic heterocycles. The van der Waals surface area contributed by atoms with Crippen LogP contribution < -0.4 is 16.6 Å². The Morgan fingerprint density at radius 1 is 1.45 bits per heavy atom. The van der Waals surface area contributed by atoms with Crippen molar-refractivity contribution in [3.63, 3.8) is 0 Å². The van der Waals surface area contributed by atoms with E-state index in [4.69, 9.17) is 9.26 Å². The fourth-order valence-corrected chi connectivity index (χ4v) is 2.54. The lowest BCUT2D eigenvalue weighted by molar-refractivity contribution is -0.0929. The summed E-state index contributed by atoms with van der Waals surface area (Å²) in [4.78, 5) is 25.5. The van der Waals surface area contributed by atoms with Crippen LogP contribution in [-0.2, 0) is 13.8 Å². The number of hydrogen-bond donors (Lipinski definition) is 2. The third-order valence-corrected chi connectivity index (χ3v) is 4.22. The number of rotatable bonds is 5. The van der Waals surface area contributed by atoms with Crippen LogP contribution in [0.2, 0.25) is 0 Å². The van der Waals surface area contributed by atoms with E-state index in [-0.39, 0.29) is 12.7 Å². The monoisotopic (exact) mass is 331 g/mol. The minimum Gasteiger partial charge on any atom is -0.349 e. The Kier molecular flexibility index (Phi) is 5.60. The van der Waals surface area contributed by atoms with Crippen LogP contribution in [0.1, 0.15) is 11.8 Å². The van der Waals surface area contributed by atoms with Gasteiger partial charge in [-0.15, -0.1) is 4.52 Å². The standard InChI is InChI=1S/C12H19N4O5P/c1-8-6-16(12(18)14-11(8)17)10-5-13-4-9(21-10)7-20-22(19)15(2)3/h6,9-10,13H,4-5,7H2,1-3H3/p+1/t9-,10+/m0/s1. The average molecular weight is 331 g/mol. The molecule has 1 aromatic heterocycles. The maximum absolute atomic E-state index is 11.9. The summed E-state index contributed by atoms with van der Waals surface area (Å²) in [7, 11) is 1.42. The molecule has 22 heavy (non-hydrogen) atoms. The second-order valence-electron chi connectivity index (χ2n) is 5.23. The molecule has 122 valence electrons. The van der Waals surface area contributed by atoms with Gasteiger partial charge in [0.2, 0.25) is 0 Å². The van der Waals surface area contributed by atoms with Gasteiger partial charge in [-0.2, -0.15) is 0 Å². The van der Waals surface area contributed by atoms with Crippen LogP contribution in [0.5, 0.6) is 0 Å². The van der Waals surface area contributed by atoms with Gasteiger partial charge in [-0.3, -0.25) is 14.3 Å². The van der Waals surface area contributed by atoms with Crippen LogP contribution in [0.25, 0.3) is 0 Å². The molecule has 0 aliphatic carbocycles. The van der Waals surface area contributed by atoms with Gasteiger partial charge in [-0.1, -0.05) is 4.67 Å². The number of aromatic nitrogens is 2. The van der Waals surface area contributed by atoms with E-state index in [0.717, 1.165) is 0 Å². The Balaban J connectivity index is 2.05. The normalized spacial score (nSPS) is 22.8. The third-order valence-electron chi connectivity index (χ3n) is 3.19. The Hall–Kier alpha value is -1.38. The zero-order valence-corrected chi connectivity index (χ0v) is 13.6. The van der Waals surface area contributed by atoms with Gasteiger partial charge in [0.1, 0.15) is 12.7 Å². The van der Waals surface area contributed by atoms with Gasteiger partial charge >= 0.3 is 13.9 Å². The number of H-pyrrole nitrogens is 1. The smallest absolute Gasteiger partial charge is 0.349 e. The number of nitrogens with zero attached hydrogens (tertiary/aromatic N) is 2. The Bertz CT molecular complexity index is 656. The number of hydrogen-bond acceptors (Lipinski definition) is 6. The molecule has 2 heterocycles. The number of ether oxygens (including phenoxy) is 1. The SMILES string of the molecule is Cc1cn([C@H]2CNC[C@@H](CO[P+](=O)N(C)C)O2)c(=O)[nH]c1=O. The summed E-state index contributed by atoms with van der Waals surface area (Å²) in [5, 5.41) is 3.13. The predicted molar refractivity (Wildman–Crippen MR) is 80.1 cm³/mol. The van der Waals surface area contributed by atoms with E-state index in [2.05, 4.69) is 10.3 Å². The molecule has 0 saturated carbocycles. The van der Waals surface area contributed by atoms with Crippen molar-refractivity contribution in [2.45, 2.75) is 19.3 Å². The Morgan fingerprint density at radius 2 is 2.18 bits per heavy atom. The first-order valence-electron chi connectivity index (χ1n) is 6.84. The minimum absolute atomic E-state index is 0.147. The molecule has 1 aliphatic rings. The second-order valence-corrected chi connectivity index (χ2v) is 6.76.